The van der Waals surface area contributed by atoms with E-state index in [0.717, 1.165) is 39.4 Å². The van der Waals surface area contributed by atoms with Crippen LogP contribution in [-0.4, -0.2) is 44.3 Å². The highest BCUT2D eigenvalue weighted by atomic mass is 32.2. The average Bonchev–Trinajstić information content (AvgIpc) is 2.91. The highest BCUT2D eigenvalue weighted by molar-refractivity contribution is 7.92. The van der Waals surface area contributed by atoms with Gasteiger partial charge in [-0.15, -0.1) is 0 Å². The van der Waals surface area contributed by atoms with Crippen molar-refractivity contribution >= 4 is 27.5 Å². The fourth-order valence-corrected chi connectivity index (χ4v) is 5.91. The molecule has 1 atom stereocenters. The molecule has 0 unspecified atom stereocenters. The molecule has 0 radical (unpaired) electrons. The highest BCUT2D eigenvalue weighted by Crippen LogP contribution is 2.28. The number of rotatable bonds is 12. The molecule has 3 aromatic carbocycles. The molecule has 1 N–H and O–H groups in total. The van der Waals surface area contributed by atoms with Crippen LogP contribution in [0.3, 0.4) is 0 Å². The van der Waals surface area contributed by atoms with Crippen LogP contribution < -0.4 is 9.62 Å². The Morgan fingerprint density at radius 1 is 0.897 bits per heavy atom. The molecule has 0 spiro atoms. The average molecular weight is 550 g/mol. The molecule has 0 aromatic heterocycles. The smallest absolute Gasteiger partial charge is 0.264 e. The third-order valence-electron chi connectivity index (χ3n) is 6.83. The molecule has 2 amide bonds. The second-order valence-electron chi connectivity index (χ2n) is 9.88. The number of sulfonamides is 1. The normalized spacial score (nSPS) is 12.0. The first-order valence-electron chi connectivity index (χ1n) is 13.3. The fraction of sp³-hybridized carbons (Fsp3) is 0.355. The summed E-state index contributed by atoms with van der Waals surface area (Å²) in [4.78, 5) is 28.6. The second-order valence-corrected chi connectivity index (χ2v) is 11.7. The van der Waals surface area contributed by atoms with E-state index in [9.17, 15) is 18.0 Å². The molecule has 0 saturated carbocycles. The molecule has 0 heterocycles. The molecule has 0 aliphatic carbocycles. The lowest BCUT2D eigenvalue weighted by Crippen LogP contribution is -2.51. The largest absolute Gasteiger partial charge is 0.354 e. The van der Waals surface area contributed by atoms with Crippen molar-refractivity contribution in [3.63, 3.8) is 0 Å². The van der Waals surface area contributed by atoms with Crippen molar-refractivity contribution in [1.82, 2.24) is 10.2 Å². The Labute approximate surface area is 232 Å². The minimum atomic E-state index is -4.08. The number of carbonyl (C=O) groups is 2. The van der Waals surface area contributed by atoms with E-state index in [4.69, 9.17) is 0 Å². The van der Waals surface area contributed by atoms with Gasteiger partial charge in [0.2, 0.25) is 11.8 Å². The molecule has 3 aromatic rings. The van der Waals surface area contributed by atoms with Gasteiger partial charge < -0.3 is 10.2 Å². The Morgan fingerprint density at radius 3 is 2.21 bits per heavy atom. The van der Waals surface area contributed by atoms with Crippen LogP contribution in [0.25, 0.3) is 0 Å². The highest BCUT2D eigenvalue weighted by Gasteiger charge is 2.33. The third-order valence-corrected chi connectivity index (χ3v) is 8.60. The molecule has 0 aliphatic heterocycles. The maximum atomic E-state index is 14.0. The van der Waals surface area contributed by atoms with Crippen molar-refractivity contribution in [2.24, 2.45) is 0 Å². The van der Waals surface area contributed by atoms with Crippen molar-refractivity contribution in [3.8, 4) is 0 Å². The topological polar surface area (TPSA) is 86.8 Å². The number of amides is 2. The van der Waals surface area contributed by atoms with Crippen molar-refractivity contribution in [1.29, 1.82) is 0 Å². The zero-order chi connectivity index (χ0) is 28.6. The van der Waals surface area contributed by atoms with E-state index in [1.54, 1.807) is 31.2 Å². The van der Waals surface area contributed by atoms with Gasteiger partial charge in [-0.2, -0.15) is 0 Å². The van der Waals surface area contributed by atoms with E-state index in [0.29, 0.717) is 12.2 Å². The minimum Gasteiger partial charge on any atom is -0.354 e. The van der Waals surface area contributed by atoms with E-state index < -0.39 is 28.5 Å². The first-order valence-corrected chi connectivity index (χ1v) is 14.8. The molecule has 39 heavy (non-hydrogen) atoms. The predicted octanol–water partition coefficient (Wildman–Crippen LogP) is 5.14. The number of carbonyl (C=O) groups excluding carboxylic acids is 2. The standard InChI is InChI=1S/C31H39N3O4S/c1-6-7-19-32-31(36)26(5)33(21-27-14-12-11-13-24(27)3)30(35)22-34(29-18-17-23(2)20-25(29)4)39(37,38)28-15-9-8-10-16-28/h8-18,20,26H,6-7,19,21-22H2,1-5H3,(H,32,36)/t26-/m1/s1. The zero-order valence-corrected chi connectivity index (χ0v) is 24.3. The van der Waals surface area contributed by atoms with Crippen LogP contribution in [-0.2, 0) is 26.2 Å². The van der Waals surface area contributed by atoms with Gasteiger partial charge in [0, 0.05) is 13.1 Å². The van der Waals surface area contributed by atoms with E-state index in [2.05, 4.69) is 5.32 Å². The van der Waals surface area contributed by atoms with Crippen LogP contribution in [0.2, 0.25) is 0 Å². The van der Waals surface area contributed by atoms with Crippen molar-refractivity contribution in [2.45, 2.75) is 64.9 Å². The van der Waals surface area contributed by atoms with Crippen molar-refractivity contribution in [3.05, 3.63) is 95.1 Å². The number of aryl methyl sites for hydroxylation is 3. The number of nitrogens with zero attached hydrogens (tertiary/aromatic N) is 2. The van der Waals surface area contributed by atoms with Crippen LogP contribution in [0.1, 0.15) is 48.9 Å². The Morgan fingerprint density at radius 2 is 1.56 bits per heavy atom. The Hall–Kier alpha value is -3.65. The van der Waals surface area contributed by atoms with Crippen LogP contribution >= 0.6 is 0 Å². The van der Waals surface area contributed by atoms with Crippen molar-refractivity contribution < 1.29 is 18.0 Å². The lowest BCUT2D eigenvalue weighted by atomic mass is 10.1. The van der Waals surface area contributed by atoms with Crippen LogP contribution in [0.4, 0.5) is 5.69 Å². The molecule has 208 valence electrons. The van der Waals surface area contributed by atoms with Gasteiger partial charge in [0.05, 0.1) is 10.6 Å². The third kappa shape index (κ3) is 7.47. The minimum absolute atomic E-state index is 0.0913. The van der Waals surface area contributed by atoms with E-state index >= 15 is 0 Å². The first-order chi connectivity index (χ1) is 18.6. The predicted molar refractivity (Wildman–Crippen MR) is 156 cm³/mol. The Bertz CT molecular complexity index is 1390. The van der Waals surface area contributed by atoms with Gasteiger partial charge in [-0.25, -0.2) is 8.42 Å². The summed E-state index contributed by atoms with van der Waals surface area (Å²) in [6, 6.07) is 20.4. The quantitative estimate of drug-likeness (QED) is 0.317. The number of hydrogen-bond donors (Lipinski definition) is 1. The first kappa shape index (κ1) is 29.9. The number of nitrogens with one attached hydrogen (secondary N) is 1. The molecule has 7 nitrogen and oxygen atoms in total. The summed E-state index contributed by atoms with van der Waals surface area (Å²) in [5.74, 6) is -0.731. The maximum Gasteiger partial charge on any atom is 0.264 e. The van der Waals surface area contributed by atoms with Crippen LogP contribution in [0.5, 0.6) is 0 Å². The van der Waals surface area contributed by atoms with Gasteiger partial charge in [-0.3, -0.25) is 13.9 Å². The van der Waals surface area contributed by atoms with Gasteiger partial charge in [0.15, 0.2) is 0 Å². The zero-order valence-electron chi connectivity index (χ0n) is 23.5. The molecule has 0 saturated heterocycles. The van der Waals surface area contributed by atoms with Gasteiger partial charge in [0.1, 0.15) is 12.6 Å². The van der Waals surface area contributed by atoms with Gasteiger partial charge >= 0.3 is 0 Å². The molecular weight excluding hydrogens is 510 g/mol. The summed E-state index contributed by atoms with van der Waals surface area (Å²) in [6.07, 6.45) is 1.77. The SMILES string of the molecule is CCCCNC(=O)[C@@H](C)N(Cc1ccccc1C)C(=O)CN(c1ccc(C)cc1C)S(=O)(=O)c1ccccc1. The lowest BCUT2D eigenvalue weighted by molar-refractivity contribution is -0.139. The summed E-state index contributed by atoms with van der Waals surface area (Å²) >= 11 is 0. The molecular formula is C31H39N3O4S. The Kier molecular flexibility index (Phi) is 10.3. The molecule has 8 heteroatoms. The number of benzene rings is 3. The van der Waals surface area contributed by atoms with Gasteiger partial charge in [-0.05, 0) is 69.0 Å². The van der Waals surface area contributed by atoms with Crippen LogP contribution in [0.15, 0.2) is 77.7 Å². The summed E-state index contributed by atoms with van der Waals surface area (Å²) < 4.78 is 28.9. The molecule has 3 rings (SSSR count). The lowest BCUT2D eigenvalue weighted by Gasteiger charge is -2.32. The van der Waals surface area contributed by atoms with E-state index in [1.165, 1.54) is 17.0 Å². The Balaban J connectivity index is 2.03. The summed E-state index contributed by atoms with van der Waals surface area (Å²) in [5, 5.41) is 2.91. The summed E-state index contributed by atoms with van der Waals surface area (Å²) in [7, 11) is -4.08. The van der Waals surface area contributed by atoms with Crippen molar-refractivity contribution in [2.75, 3.05) is 17.4 Å². The van der Waals surface area contributed by atoms with Crippen LogP contribution in [0, 0.1) is 20.8 Å². The fourth-order valence-electron chi connectivity index (χ4n) is 4.41. The van der Waals surface area contributed by atoms with E-state index in [1.807, 2.05) is 64.1 Å². The maximum absolute atomic E-state index is 14.0. The summed E-state index contributed by atoms with van der Waals surface area (Å²) in [6.45, 7) is 9.69. The molecule has 0 aliphatic rings. The second kappa shape index (κ2) is 13.4. The summed E-state index contributed by atoms with van der Waals surface area (Å²) in [5.41, 5.74) is 4.02. The number of unbranched alkanes of at least 4 members (excludes halogenated alkanes) is 1. The monoisotopic (exact) mass is 549 g/mol. The molecule has 0 bridgehead atoms. The number of hydrogen-bond acceptors (Lipinski definition) is 4. The number of anilines is 1. The van der Waals surface area contributed by atoms with E-state index in [-0.39, 0.29) is 17.3 Å². The van der Waals surface area contributed by atoms with Gasteiger partial charge in [-0.1, -0.05) is 73.5 Å². The molecule has 0 fully saturated rings. The van der Waals surface area contributed by atoms with Gasteiger partial charge in [0.25, 0.3) is 10.0 Å².